The van der Waals surface area contributed by atoms with Crippen LogP contribution in [0.5, 0.6) is 0 Å². The third-order valence-corrected chi connectivity index (χ3v) is 3.78. The first-order valence-corrected chi connectivity index (χ1v) is 6.28. The molecule has 4 nitrogen and oxygen atoms in total. The topological polar surface area (TPSA) is 51.6 Å². The Balaban J connectivity index is 2.29. The Kier molecular flexibility index (Phi) is 3.49. The van der Waals surface area contributed by atoms with Gasteiger partial charge >= 0.3 is 7.12 Å². The summed E-state index contributed by atoms with van der Waals surface area (Å²) in [6.45, 7) is 8.16. The van der Waals surface area contributed by atoms with Crippen molar-refractivity contribution in [1.82, 2.24) is 4.98 Å². The zero-order chi connectivity index (χ0) is 13.4. The van der Waals surface area contributed by atoms with Gasteiger partial charge in [0.2, 0.25) is 0 Å². The van der Waals surface area contributed by atoms with Crippen LogP contribution in [0.25, 0.3) is 0 Å². The Labute approximate surface area is 108 Å². The number of pyridine rings is 1. The lowest BCUT2D eigenvalue weighted by atomic mass is 9.80. The SMILES string of the molecule is CC1(C)OB(c2ncccc2CCO)OC1(C)C. The van der Waals surface area contributed by atoms with Gasteiger partial charge in [-0.1, -0.05) is 6.07 Å². The van der Waals surface area contributed by atoms with E-state index < -0.39 is 7.12 Å². The molecule has 1 saturated heterocycles. The largest absolute Gasteiger partial charge is 0.514 e. The van der Waals surface area contributed by atoms with Gasteiger partial charge in [0, 0.05) is 12.8 Å². The van der Waals surface area contributed by atoms with Crippen LogP contribution in [0.3, 0.4) is 0 Å². The number of nitrogens with zero attached hydrogens (tertiary/aromatic N) is 1. The molecule has 1 aliphatic rings. The summed E-state index contributed by atoms with van der Waals surface area (Å²) < 4.78 is 11.9. The molecule has 2 rings (SSSR count). The van der Waals surface area contributed by atoms with Gasteiger partial charge in [-0.2, -0.15) is 0 Å². The van der Waals surface area contributed by atoms with E-state index in [1.54, 1.807) is 6.20 Å². The molecule has 98 valence electrons. The van der Waals surface area contributed by atoms with E-state index in [2.05, 4.69) is 4.98 Å². The summed E-state index contributed by atoms with van der Waals surface area (Å²) in [7, 11) is -0.460. The molecule has 2 heterocycles. The Bertz CT molecular complexity index is 418. The van der Waals surface area contributed by atoms with E-state index in [1.807, 2.05) is 39.8 Å². The molecule has 1 aromatic rings. The van der Waals surface area contributed by atoms with Crippen molar-refractivity contribution in [3.8, 4) is 0 Å². The second-order valence-corrected chi connectivity index (χ2v) is 5.61. The Hall–Kier alpha value is -0.905. The number of aromatic nitrogens is 1. The summed E-state index contributed by atoms with van der Waals surface area (Å²) >= 11 is 0. The Morgan fingerprint density at radius 2 is 1.83 bits per heavy atom. The van der Waals surface area contributed by atoms with E-state index >= 15 is 0 Å². The van der Waals surface area contributed by atoms with Crippen LogP contribution in [0.2, 0.25) is 0 Å². The third kappa shape index (κ3) is 2.30. The first-order valence-electron chi connectivity index (χ1n) is 6.28. The van der Waals surface area contributed by atoms with Crippen molar-refractivity contribution in [1.29, 1.82) is 0 Å². The maximum absolute atomic E-state index is 9.08. The van der Waals surface area contributed by atoms with Gasteiger partial charge in [-0.05, 0) is 45.7 Å². The van der Waals surface area contributed by atoms with Crippen molar-refractivity contribution >= 4 is 12.7 Å². The maximum Gasteiger partial charge on any atom is 0.514 e. The van der Waals surface area contributed by atoms with Gasteiger partial charge in [0.25, 0.3) is 0 Å². The molecule has 1 aliphatic heterocycles. The number of aliphatic hydroxyl groups is 1. The van der Waals surface area contributed by atoms with Crippen LogP contribution in [0.15, 0.2) is 18.3 Å². The molecule has 0 atom stereocenters. The number of rotatable bonds is 3. The highest BCUT2D eigenvalue weighted by Crippen LogP contribution is 2.36. The summed E-state index contributed by atoms with van der Waals surface area (Å²) in [5.74, 6) is 0. The van der Waals surface area contributed by atoms with Crippen LogP contribution >= 0.6 is 0 Å². The molecule has 0 saturated carbocycles. The van der Waals surface area contributed by atoms with Gasteiger partial charge in [0.05, 0.1) is 16.8 Å². The molecule has 5 heteroatoms. The number of hydrogen-bond donors (Lipinski definition) is 1. The van der Waals surface area contributed by atoms with Crippen LogP contribution in [-0.2, 0) is 15.7 Å². The molecule has 18 heavy (non-hydrogen) atoms. The average Bonchev–Trinajstić information content (AvgIpc) is 2.49. The van der Waals surface area contributed by atoms with E-state index in [0.29, 0.717) is 6.42 Å². The van der Waals surface area contributed by atoms with Crippen molar-refractivity contribution in [2.75, 3.05) is 6.61 Å². The standard InChI is InChI=1S/C13H20BNO3/c1-12(2)13(3,4)18-14(17-12)11-10(7-9-16)6-5-8-15-11/h5-6,8,16H,7,9H2,1-4H3. The molecule has 1 N–H and O–H groups in total. The lowest BCUT2D eigenvalue weighted by Crippen LogP contribution is -2.41. The summed E-state index contributed by atoms with van der Waals surface area (Å²) in [5.41, 5.74) is 1.00. The first kappa shape index (κ1) is 13.5. The average molecular weight is 249 g/mol. The van der Waals surface area contributed by atoms with Crippen LogP contribution in [0.1, 0.15) is 33.3 Å². The molecule has 0 aromatic carbocycles. The Morgan fingerprint density at radius 3 is 2.39 bits per heavy atom. The molecule has 0 amide bonds. The Morgan fingerprint density at radius 1 is 1.22 bits per heavy atom. The van der Waals surface area contributed by atoms with Crippen LogP contribution < -0.4 is 5.59 Å². The van der Waals surface area contributed by atoms with Crippen LogP contribution in [-0.4, -0.2) is 35.0 Å². The van der Waals surface area contributed by atoms with Crippen LogP contribution in [0, 0.1) is 0 Å². The minimum atomic E-state index is -0.460. The molecule has 0 radical (unpaired) electrons. The molecule has 0 aliphatic carbocycles. The van der Waals surface area contributed by atoms with E-state index in [1.165, 1.54) is 0 Å². The molecular weight excluding hydrogens is 229 g/mol. The third-order valence-electron chi connectivity index (χ3n) is 3.78. The van der Waals surface area contributed by atoms with E-state index in [9.17, 15) is 0 Å². The predicted molar refractivity (Wildman–Crippen MR) is 70.7 cm³/mol. The van der Waals surface area contributed by atoms with Gasteiger partial charge in [-0.15, -0.1) is 0 Å². The zero-order valence-corrected chi connectivity index (χ0v) is 11.4. The number of hydrogen-bond acceptors (Lipinski definition) is 4. The first-order chi connectivity index (χ1) is 8.37. The molecule has 1 aromatic heterocycles. The highest BCUT2D eigenvalue weighted by Gasteiger charge is 2.52. The second-order valence-electron chi connectivity index (χ2n) is 5.61. The summed E-state index contributed by atoms with van der Waals surface area (Å²) in [4.78, 5) is 4.35. The van der Waals surface area contributed by atoms with Gasteiger partial charge in [-0.3, -0.25) is 4.98 Å². The summed E-state index contributed by atoms with van der Waals surface area (Å²) in [6.07, 6.45) is 2.29. The molecule has 0 bridgehead atoms. The minimum Gasteiger partial charge on any atom is -0.398 e. The summed E-state index contributed by atoms with van der Waals surface area (Å²) in [5, 5.41) is 9.08. The lowest BCUT2D eigenvalue weighted by Gasteiger charge is -2.32. The lowest BCUT2D eigenvalue weighted by molar-refractivity contribution is 0.00578. The van der Waals surface area contributed by atoms with Crippen molar-refractivity contribution in [2.45, 2.75) is 45.3 Å². The smallest absolute Gasteiger partial charge is 0.398 e. The van der Waals surface area contributed by atoms with Gasteiger partial charge in [0.1, 0.15) is 0 Å². The van der Waals surface area contributed by atoms with Crippen molar-refractivity contribution in [3.63, 3.8) is 0 Å². The van der Waals surface area contributed by atoms with E-state index in [4.69, 9.17) is 14.4 Å². The zero-order valence-electron chi connectivity index (χ0n) is 11.4. The van der Waals surface area contributed by atoms with Crippen molar-refractivity contribution < 1.29 is 14.4 Å². The van der Waals surface area contributed by atoms with E-state index in [-0.39, 0.29) is 17.8 Å². The van der Waals surface area contributed by atoms with E-state index in [0.717, 1.165) is 11.2 Å². The van der Waals surface area contributed by atoms with Crippen LogP contribution in [0.4, 0.5) is 0 Å². The van der Waals surface area contributed by atoms with Gasteiger partial charge < -0.3 is 14.4 Å². The fourth-order valence-corrected chi connectivity index (χ4v) is 1.95. The summed E-state index contributed by atoms with van der Waals surface area (Å²) in [6, 6.07) is 3.81. The fraction of sp³-hybridized carbons (Fsp3) is 0.615. The quantitative estimate of drug-likeness (QED) is 0.809. The number of aliphatic hydroxyl groups excluding tert-OH is 1. The molecule has 0 spiro atoms. The highest BCUT2D eigenvalue weighted by molar-refractivity contribution is 6.61. The monoisotopic (exact) mass is 249 g/mol. The predicted octanol–water partition coefficient (Wildman–Crippen LogP) is 0.916. The van der Waals surface area contributed by atoms with Gasteiger partial charge in [-0.25, -0.2) is 0 Å². The fourth-order valence-electron chi connectivity index (χ4n) is 1.95. The molecule has 0 unspecified atom stereocenters. The minimum absolute atomic E-state index is 0.0954. The molecule has 1 fully saturated rings. The molecular formula is C13H20BNO3. The second kappa shape index (κ2) is 4.65. The van der Waals surface area contributed by atoms with Gasteiger partial charge in [0.15, 0.2) is 0 Å². The highest BCUT2D eigenvalue weighted by atomic mass is 16.7. The maximum atomic E-state index is 9.08. The normalized spacial score (nSPS) is 21.3. The van der Waals surface area contributed by atoms with Crippen molar-refractivity contribution in [3.05, 3.63) is 23.9 Å². The van der Waals surface area contributed by atoms with Crippen molar-refractivity contribution in [2.24, 2.45) is 0 Å².